The van der Waals surface area contributed by atoms with E-state index >= 15 is 0 Å². The number of alkyl halides is 2. The molecule has 0 radical (unpaired) electrons. The van der Waals surface area contributed by atoms with Gasteiger partial charge >= 0.3 is 12.0 Å². The molecule has 4 rings (SSSR count). The molecule has 196 valence electrons. The summed E-state index contributed by atoms with van der Waals surface area (Å²) in [5.74, 6) is -6.63. The fourth-order valence-corrected chi connectivity index (χ4v) is 4.60. The average Bonchev–Trinajstić information content (AvgIpc) is 3.16. The van der Waals surface area contributed by atoms with Gasteiger partial charge in [0.15, 0.2) is 0 Å². The van der Waals surface area contributed by atoms with Gasteiger partial charge in [0.1, 0.15) is 24.4 Å². The van der Waals surface area contributed by atoms with E-state index in [1.165, 1.54) is 24.3 Å². The van der Waals surface area contributed by atoms with Crippen LogP contribution in [0.25, 0.3) is 0 Å². The van der Waals surface area contributed by atoms with Crippen molar-refractivity contribution < 1.29 is 37.5 Å². The number of nitrogens with one attached hydrogen (secondary N) is 2. The lowest BCUT2D eigenvalue weighted by Gasteiger charge is -2.38. The molecule has 1 saturated carbocycles. The summed E-state index contributed by atoms with van der Waals surface area (Å²) in [7, 11) is 0. The standard InChI is InChI=1S/C24H22ClF3N4O5/c25-17-7-2-1-6-16(17)20(21(35)29-14-9-24(27,28)10-14)32(15-5-3-4-13(26)8-15)22(36)18-11-31(12-19(33)34)23(37)30-18/h1-8,14,18,20H,9-12H2,(H,29,35)(H,30,37)(H,33,34)/t18-,20?/m0/s1. The van der Waals surface area contributed by atoms with Crippen molar-refractivity contribution in [2.75, 3.05) is 18.0 Å². The van der Waals surface area contributed by atoms with Gasteiger partial charge in [-0.05, 0) is 24.3 Å². The van der Waals surface area contributed by atoms with Gasteiger partial charge in [0.05, 0.1) is 6.54 Å². The first-order valence-corrected chi connectivity index (χ1v) is 11.6. The number of benzene rings is 2. The van der Waals surface area contributed by atoms with Gasteiger partial charge in [-0.2, -0.15) is 0 Å². The zero-order valence-corrected chi connectivity index (χ0v) is 19.9. The van der Waals surface area contributed by atoms with Crippen LogP contribution >= 0.6 is 11.6 Å². The van der Waals surface area contributed by atoms with E-state index in [0.29, 0.717) is 0 Å². The number of rotatable bonds is 8. The number of anilines is 1. The summed E-state index contributed by atoms with van der Waals surface area (Å²) in [6.07, 6.45) is -1.16. The van der Waals surface area contributed by atoms with Crippen LogP contribution in [0.1, 0.15) is 24.4 Å². The number of carbonyl (C=O) groups excluding carboxylic acids is 3. The molecule has 3 N–H and O–H groups in total. The minimum absolute atomic E-state index is 0.0602. The van der Waals surface area contributed by atoms with Gasteiger partial charge in [0, 0.05) is 35.2 Å². The first-order chi connectivity index (χ1) is 17.4. The van der Waals surface area contributed by atoms with Crippen molar-refractivity contribution in [3.63, 3.8) is 0 Å². The number of amides is 4. The number of urea groups is 1. The van der Waals surface area contributed by atoms with Gasteiger partial charge < -0.3 is 20.6 Å². The molecule has 1 heterocycles. The highest BCUT2D eigenvalue weighted by Crippen LogP contribution is 2.39. The Labute approximate surface area is 214 Å². The van der Waals surface area contributed by atoms with Crippen molar-refractivity contribution in [1.29, 1.82) is 0 Å². The Hall–Kier alpha value is -3.80. The van der Waals surface area contributed by atoms with E-state index < -0.39 is 73.1 Å². The monoisotopic (exact) mass is 538 g/mol. The van der Waals surface area contributed by atoms with Crippen LogP contribution in [0.5, 0.6) is 0 Å². The number of nitrogens with zero attached hydrogens (tertiary/aromatic N) is 2. The number of carboxylic acids is 1. The van der Waals surface area contributed by atoms with Crippen molar-refractivity contribution in [2.24, 2.45) is 0 Å². The molecular weight excluding hydrogens is 517 g/mol. The van der Waals surface area contributed by atoms with Gasteiger partial charge in [-0.3, -0.25) is 19.3 Å². The van der Waals surface area contributed by atoms with Gasteiger partial charge in [0.25, 0.3) is 11.8 Å². The zero-order valence-electron chi connectivity index (χ0n) is 19.2. The predicted molar refractivity (Wildman–Crippen MR) is 126 cm³/mol. The fraction of sp³-hybridized carbons (Fsp3) is 0.333. The predicted octanol–water partition coefficient (Wildman–Crippen LogP) is 2.95. The molecule has 1 aliphatic carbocycles. The van der Waals surface area contributed by atoms with Crippen molar-refractivity contribution in [3.8, 4) is 0 Å². The Morgan fingerprint density at radius 2 is 1.89 bits per heavy atom. The van der Waals surface area contributed by atoms with Gasteiger partial charge in [0.2, 0.25) is 5.91 Å². The van der Waals surface area contributed by atoms with E-state index in [4.69, 9.17) is 16.7 Å². The van der Waals surface area contributed by atoms with Gasteiger partial charge in [-0.15, -0.1) is 0 Å². The van der Waals surface area contributed by atoms with E-state index in [9.17, 15) is 32.3 Å². The van der Waals surface area contributed by atoms with Crippen LogP contribution in [-0.2, 0) is 14.4 Å². The quantitative estimate of drug-likeness (QED) is 0.477. The normalized spacial score (nSPS) is 19.5. The second-order valence-corrected chi connectivity index (χ2v) is 9.27. The number of halogens is 4. The smallest absolute Gasteiger partial charge is 0.323 e. The third kappa shape index (κ3) is 5.79. The van der Waals surface area contributed by atoms with Crippen LogP contribution in [0.3, 0.4) is 0 Å². The molecule has 4 amide bonds. The van der Waals surface area contributed by atoms with E-state index in [1.54, 1.807) is 12.1 Å². The highest BCUT2D eigenvalue weighted by Gasteiger charge is 2.48. The zero-order chi connectivity index (χ0) is 26.9. The molecule has 13 heteroatoms. The van der Waals surface area contributed by atoms with E-state index in [-0.39, 0.29) is 22.8 Å². The second-order valence-electron chi connectivity index (χ2n) is 8.86. The molecule has 1 aliphatic heterocycles. The minimum Gasteiger partial charge on any atom is -0.480 e. The van der Waals surface area contributed by atoms with Crippen molar-refractivity contribution in [3.05, 3.63) is 64.9 Å². The molecule has 1 unspecified atom stereocenters. The molecule has 37 heavy (non-hydrogen) atoms. The molecule has 0 spiro atoms. The lowest BCUT2D eigenvalue weighted by molar-refractivity contribution is -0.137. The average molecular weight is 539 g/mol. The molecule has 9 nitrogen and oxygen atoms in total. The second kappa shape index (κ2) is 10.3. The Balaban J connectivity index is 1.75. The van der Waals surface area contributed by atoms with Gasteiger partial charge in [-0.25, -0.2) is 18.0 Å². The summed E-state index contributed by atoms with van der Waals surface area (Å²) in [5, 5.41) is 14.0. The maximum Gasteiger partial charge on any atom is 0.323 e. The van der Waals surface area contributed by atoms with Crippen molar-refractivity contribution in [2.45, 2.75) is 36.9 Å². The van der Waals surface area contributed by atoms with Crippen LogP contribution in [0.4, 0.5) is 23.7 Å². The number of carboxylic acid groups (broad SMARTS) is 1. The van der Waals surface area contributed by atoms with E-state index in [0.717, 1.165) is 21.9 Å². The topological polar surface area (TPSA) is 119 Å². The van der Waals surface area contributed by atoms with Crippen LogP contribution in [0, 0.1) is 5.82 Å². The van der Waals surface area contributed by atoms with Crippen LogP contribution in [0.15, 0.2) is 48.5 Å². The Morgan fingerprint density at radius 3 is 2.51 bits per heavy atom. The first kappa shape index (κ1) is 26.3. The molecular formula is C24H22ClF3N4O5. The number of aliphatic carboxylic acids is 1. The fourth-order valence-electron chi connectivity index (χ4n) is 4.36. The molecule has 2 aromatic rings. The molecule has 2 atom stereocenters. The first-order valence-electron chi connectivity index (χ1n) is 11.2. The Kier molecular flexibility index (Phi) is 7.30. The lowest BCUT2D eigenvalue weighted by Crippen LogP contribution is -2.56. The highest BCUT2D eigenvalue weighted by atomic mass is 35.5. The number of carbonyl (C=O) groups is 4. The molecule has 0 bridgehead atoms. The SMILES string of the molecule is O=C(O)CN1C[C@@H](C(=O)N(c2cccc(F)c2)C(C(=O)NC2CC(F)(F)C2)c2ccccc2Cl)NC1=O. The summed E-state index contributed by atoms with van der Waals surface area (Å²) >= 11 is 6.37. The minimum atomic E-state index is -2.92. The number of hydrogen-bond donors (Lipinski definition) is 3. The van der Waals surface area contributed by atoms with Gasteiger partial charge in [-0.1, -0.05) is 35.9 Å². The molecule has 2 aliphatic rings. The molecule has 1 saturated heterocycles. The van der Waals surface area contributed by atoms with Crippen molar-refractivity contribution in [1.82, 2.24) is 15.5 Å². The summed E-state index contributed by atoms with van der Waals surface area (Å²) < 4.78 is 41.1. The van der Waals surface area contributed by atoms with Crippen LogP contribution < -0.4 is 15.5 Å². The van der Waals surface area contributed by atoms with Crippen molar-refractivity contribution >= 4 is 41.1 Å². The third-order valence-corrected chi connectivity index (χ3v) is 6.42. The van der Waals surface area contributed by atoms with E-state index in [1.807, 2.05) is 0 Å². The number of hydrogen-bond acceptors (Lipinski definition) is 4. The Bertz CT molecular complexity index is 1240. The molecule has 2 aromatic carbocycles. The maximum atomic E-state index is 14.3. The Morgan fingerprint density at radius 1 is 1.19 bits per heavy atom. The lowest BCUT2D eigenvalue weighted by atomic mass is 9.87. The largest absolute Gasteiger partial charge is 0.480 e. The summed E-state index contributed by atoms with van der Waals surface area (Å²) in [6.45, 7) is -0.999. The summed E-state index contributed by atoms with van der Waals surface area (Å²) in [6, 6.07) is 6.39. The van der Waals surface area contributed by atoms with Crippen LogP contribution in [0.2, 0.25) is 5.02 Å². The van der Waals surface area contributed by atoms with E-state index in [2.05, 4.69) is 10.6 Å². The highest BCUT2D eigenvalue weighted by molar-refractivity contribution is 6.31. The van der Waals surface area contributed by atoms with Crippen LogP contribution in [-0.4, -0.2) is 64.9 Å². The maximum absolute atomic E-state index is 14.3. The summed E-state index contributed by atoms with van der Waals surface area (Å²) in [4.78, 5) is 52.5. The summed E-state index contributed by atoms with van der Waals surface area (Å²) in [5.41, 5.74) is 0.0759. The third-order valence-electron chi connectivity index (χ3n) is 6.08. The molecule has 2 fully saturated rings. The molecule has 0 aromatic heterocycles.